The number of rotatable bonds is 5. The third-order valence-corrected chi connectivity index (χ3v) is 4.24. The maximum absolute atomic E-state index is 13.3. The molecule has 1 aliphatic carbocycles. The molecule has 1 fully saturated rings. The molecule has 1 saturated carbocycles. The zero-order valence-corrected chi connectivity index (χ0v) is 12.1. The molecule has 0 aromatic heterocycles. The molecule has 0 radical (unpaired) electrons. The normalized spacial score (nSPS) is 19.6. The summed E-state index contributed by atoms with van der Waals surface area (Å²) in [5, 5.41) is 3.40. The molecule has 0 heterocycles. The van der Waals surface area contributed by atoms with Crippen LogP contribution >= 0.6 is 0 Å². The number of ether oxygens (including phenoxy) is 1. The molecule has 19 heavy (non-hydrogen) atoms. The Morgan fingerprint density at radius 3 is 2.58 bits per heavy atom. The van der Waals surface area contributed by atoms with E-state index in [0.29, 0.717) is 0 Å². The molecule has 0 amide bonds. The third kappa shape index (κ3) is 2.82. The van der Waals surface area contributed by atoms with Crippen LogP contribution in [-0.2, 0) is 4.74 Å². The van der Waals surface area contributed by atoms with Crippen LogP contribution in [0, 0.1) is 12.7 Å². The maximum atomic E-state index is 13.3. The lowest BCUT2D eigenvalue weighted by Crippen LogP contribution is -2.43. The monoisotopic (exact) mass is 265 g/mol. The summed E-state index contributed by atoms with van der Waals surface area (Å²) in [4.78, 5) is 0. The van der Waals surface area contributed by atoms with Gasteiger partial charge in [0.05, 0.1) is 11.6 Å². The van der Waals surface area contributed by atoms with Crippen molar-refractivity contribution in [3.8, 4) is 0 Å². The van der Waals surface area contributed by atoms with Gasteiger partial charge in [-0.25, -0.2) is 4.39 Å². The SMILES string of the molecule is CCOC1(C(NC)c2ccc(F)cc2C)CCCC1. The minimum absolute atomic E-state index is 0.133. The highest BCUT2D eigenvalue weighted by molar-refractivity contribution is 5.32. The van der Waals surface area contributed by atoms with Crippen LogP contribution in [0.5, 0.6) is 0 Å². The lowest BCUT2D eigenvalue weighted by Gasteiger charge is -2.38. The lowest BCUT2D eigenvalue weighted by atomic mass is 9.85. The van der Waals surface area contributed by atoms with Gasteiger partial charge in [-0.1, -0.05) is 18.9 Å². The number of hydrogen-bond donors (Lipinski definition) is 1. The van der Waals surface area contributed by atoms with Gasteiger partial charge in [-0.05, 0) is 57.0 Å². The van der Waals surface area contributed by atoms with Crippen molar-refractivity contribution in [3.63, 3.8) is 0 Å². The highest BCUT2D eigenvalue weighted by Crippen LogP contribution is 2.43. The molecule has 0 spiro atoms. The Morgan fingerprint density at radius 1 is 1.37 bits per heavy atom. The first-order valence-electron chi connectivity index (χ1n) is 7.20. The predicted octanol–water partition coefficient (Wildman–Crippen LogP) is 3.74. The van der Waals surface area contributed by atoms with Crippen LogP contribution in [0.1, 0.15) is 49.8 Å². The highest BCUT2D eigenvalue weighted by Gasteiger charge is 2.42. The molecule has 106 valence electrons. The minimum atomic E-state index is -0.173. The summed E-state index contributed by atoms with van der Waals surface area (Å²) in [6.45, 7) is 4.74. The largest absolute Gasteiger partial charge is 0.373 e. The van der Waals surface area contributed by atoms with E-state index in [4.69, 9.17) is 4.74 Å². The van der Waals surface area contributed by atoms with Crippen molar-refractivity contribution in [2.24, 2.45) is 0 Å². The van der Waals surface area contributed by atoms with Crippen molar-refractivity contribution in [1.82, 2.24) is 5.32 Å². The number of nitrogens with one attached hydrogen (secondary N) is 1. The van der Waals surface area contributed by atoms with E-state index in [1.807, 2.05) is 27.0 Å². The summed E-state index contributed by atoms with van der Waals surface area (Å²) in [6, 6.07) is 5.18. The van der Waals surface area contributed by atoms with E-state index in [2.05, 4.69) is 5.32 Å². The first-order valence-corrected chi connectivity index (χ1v) is 7.20. The molecule has 1 aliphatic rings. The Labute approximate surface area is 115 Å². The predicted molar refractivity (Wildman–Crippen MR) is 75.8 cm³/mol. The first kappa shape index (κ1) is 14.5. The van der Waals surface area contributed by atoms with Gasteiger partial charge < -0.3 is 10.1 Å². The van der Waals surface area contributed by atoms with Gasteiger partial charge in [0.1, 0.15) is 5.82 Å². The highest BCUT2D eigenvalue weighted by atomic mass is 19.1. The van der Waals surface area contributed by atoms with E-state index >= 15 is 0 Å². The Morgan fingerprint density at radius 2 is 2.05 bits per heavy atom. The standard InChI is InChI=1S/C16H24FNO/c1-4-19-16(9-5-6-10-16)15(18-3)14-8-7-13(17)11-12(14)2/h7-8,11,15,18H,4-6,9-10H2,1-3H3. The molecule has 2 nitrogen and oxygen atoms in total. The lowest BCUT2D eigenvalue weighted by molar-refractivity contribution is -0.0611. The van der Waals surface area contributed by atoms with Crippen molar-refractivity contribution in [1.29, 1.82) is 0 Å². The van der Waals surface area contributed by atoms with Crippen LogP contribution in [0.3, 0.4) is 0 Å². The fourth-order valence-electron chi connectivity index (χ4n) is 3.44. The summed E-state index contributed by atoms with van der Waals surface area (Å²) in [7, 11) is 1.96. The van der Waals surface area contributed by atoms with E-state index < -0.39 is 0 Å². The van der Waals surface area contributed by atoms with Crippen molar-refractivity contribution in [2.45, 2.75) is 51.2 Å². The van der Waals surface area contributed by atoms with E-state index in [-0.39, 0.29) is 17.5 Å². The van der Waals surface area contributed by atoms with Crippen LogP contribution < -0.4 is 5.32 Å². The number of aryl methyl sites for hydroxylation is 1. The Hall–Kier alpha value is -0.930. The first-order chi connectivity index (χ1) is 9.13. The molecule has 2 rings (SSSR count). The molecule has 1 N–H and O–H groups in total. The summed E-state index contributed by atoms with van der Waals surface area (Å²) < 4.78 is 19.4. The van der Waals surface area contributed by atoms with Crippen LogP contribution in [-0.4, -0.2) is 19.3 Å². The van der Waals surface area contributed by atoms with Crippen molar-refractivity contribution >= 4 is 0 Å². The van der Waals surface area contributed by atoms with Gasteiger partial charge in [-0.3, -0.25) is 0 Å². The van der Waals surface area contributed by atoms with E-state index in [0.717, 1.165) is 30.6 Å². The van der Waals surface area contributed by atoms with Gasteiger partial charge in [-0.15, -0.1) is 0 Å². The average molecular weight is 265 g/mol. The van der Waals surface area contributed by atoms with Crippen molar-refractivity contribution < 1.29 is 9.13 Å². The van der Waals surface area contributed by atoms with E-state index in [1.54, 1.807) is 12.1 Å². The minimum Gasteiger partial charge on any atom is -0.373 e. The summed E-state index contributed by atoms with van der Waals surface area (Å²) in [6.07, 6.45) is 4.56. The zero-order chi connectivity index (χ0) is 13.9. The van der Waals surface area contributed by atoms with Gasteiger partial charge >= 0.3 is 0 Å². The Bertz CT molecular complexity index is 427. The van der Waals surface area contributed by atoms with Crippen LogP contribution in [0.2, 0.25) is 0 Å². The second kappa shape index (κ2) is 6.02. The van der Waals surface area contributed by atoms with Gasteiger partial charge in [-0.2, -0.15) is 0 Å². The molecule has 1 atom stereocenters. The Balaban J connectivity index is 2.36. The number of likely N-dealkylation sites (N-methyl/N-ethyl adjacent to an activating group) is 1. The second-order valence-electron chi connectivity index (χ2n) is 5.43. The topological polar surface area (TPSA) is 21.3 Å². The summed E-state index contributed by atoms with van der Waals surface area (Å²) in [5.74, 6) is -0.173. The van der Waals surface area contributed by atoms with Gasteiger partial charge in [0.2, 0.25) is 0 Å². The van der Waals surface area contributed by atoms with E-state index in [1.165, 1.54) is 12.8 Å². The van der Waals surface area contributed by atoms with Crippen LogP contribution in [0.15, 0.2) is 18.2 Å². The number of benzene rings is 1. The van der Waals surface area contributed by atoms with Crippen molar-refractivity contribution in [3.05, 3.63) is 35.1 Å². The smallest absolute Gasteiger partial charge is 0.123 e. The molecule has 0 aliphatic heterocycles. The van der Waals surface area contributed by atoms with Crippen LogP contribution in [0.25, 0.3) is 0 Å². The van der Waals surface area contributed by atoms with Gasteiger partial charge in [0, 0.05) is 6.61 Å². The molecule has 0 saturated heterocycles. The number of halogens is 1. The zero-order valence-electron chi connectivity index (χ0n) is 12.1. The fraction of sp³-hybridized carbons (Fsp3) is 0.625. The summed E-state index contributed by atoms with van der Waals surface area (Å²) >= 11 is 0. The average Bonchev–Trinajstić information content (AvgIpc) is 2.83. The molecule has 3 heteroatoms. The van der Waals surface area contributed by atoms with Crippen LogP contribution in [0.4, 0.5) is 4.39 Å². The fourth-order valence-corrected chi connectivity index (χ4v) is 3.44. The van der Waals surface area contributed by atoms with Gasteiger partial charge in [0.25, 0.3) is 0 Å². The molecular formula is C16H24FNO. The maximum Gasteiger partial charge on any atom is 0.123 e. The molecule has 0 bridgehead atoms. The van der Waals surface area contributed by atoms with E-state index in [9.17, 15) is 4.39 Å². The molecule has 1 unspecified atom stereocenters. The third-order valence-electron chi connectivity index (χ3n) is 4.24. The number of hydrogen-bond acceptors (Lipinski definition) is 2. The molecule has 1 aromatic carbocycles. The Kier molecular flexibility index (Phi) is 4.58. The summed E-state index contributed by atoms with van der Waals surface area (Å²) in [5.41, 5.74) is 2.01. The molecule has 1 aromatic rings. The van der Waals surface area contributed by atoms with Gasteiger partial charge in [0.15, 0.2) is 0 Å². The van der Waals surface area contributed by atoms with Crippen molar-refractivity contribution in [2.75, 3.05) is 13.7 Å². The second-order valence-corrected chi connectivity index (χ2v) is 5.43. The quantitative estimate of drug-likeness (QED) is 0.875. The molecular weight excluding hydrogens is 241 g/mol.